The van der Waals surface area contributed by atoms with Crippen molar-refractivity contribution in [3.05, 3.63) is 66.3 Å². The van der Waals surface area contributed by atoms with Crippen LogP contribution in [-0.2, 0) is 17.1 Å². The van der Waals surface area contributed by atoms with E-state index in [1.807, 2.05) is 0 Å². The van der Waals surface area contributed by atoms with Crippen molar-refractivity contribution >= 4 is 17.8 Å². The average Bonchev–Trinajstić information content (AvgIpc) is 3.19. The molecule has 7 nitrogen and oxygen atoms in total. The third-order valence-electron chi connectivity index (χ3n) is 3.74. The van der Waals surface area contributed by atoms with Crippen LogP contribution in [0.5, 0.6) is 0 Å². The summed E-state index contributed by atoms with van der Waals surface area (Å²) in [6.07, 6.45) is -3.80. The first-order valence-corrected chi connectivity index (χ1v) is 8.37. The van der Waals surface area contributed by atoms with E-state index < -0.39 is 35.0 Å². The van der Waals surface area contributed by atoms with Crippen LogP contribution in [-0.4, -0.2) is 25.7 Å². The smallest absolute Gasteiger partial charge is 0.298 e. The highest BCUT2D eigenvalue weighted by atomic mass is 19.4. The van der Waals surface area contributed by atoms with Crippen LogP contribution in [0.25, 0.3) is 17.6 Å². The van der Waals surface area contributed by atoms with Crippen LogP contribution in [0.15, 0.2) is 55.1 Å². The topological polar surface area (TPSA) is 84.7 Å². The molecule has 162 valence electrons. The lowest BCUT2D eigenvalue weighted by Crippen LogP contribution is -2.27. The van der Waals surface area contributed by atoms with Crippen molar-refractivity contribution in [3.8, 4) is 11.4 Å². The number of amides is 1. The molecule has 0 spiro atoms. The number of pyridine rings is 1. The first-order valence-electron chi connectivity index (χ1n) is 8.37. The third kappa shape index (κ3) is 5.81. The normalized spacial score (nSPS) is 12.2. The van der Waals surface area contributed by atoms with Gasteiger partial charge < -0.3 is 0 Å². The molecule has 2 aromatic heterocycles. The van der Waals surface area contributed by atoms with E-state index in [1.165, 1.54) is 12.4 Å². The van der Waals surface area contributed by atoms with Crippen LogP contribution in [0.2, 0.25) is 0 Å². The van der Waals surface area contributed by atoms with Crippen molar-refractivity contribution in [2.24, 2.45) is 0 Å². The molecule has 1 aromatic carbocycles. The molecule has 31 heavy (non-hydrogen) atoms. The van der Waals surface area contributed by atoms with E-state index in [0.717, 1.165) is 23.3 Å². The molecule has 0 saturated heterocycles. The molecule has 0 atom stereocenters. The molecule has 13 heteroatoms. The molecule has 3 rings (SSSR count). The fourth-order valence-electron chi connectivity index (χ4n) is 2.32. The molecule has 0 bridgehead atoms. The zero-order chi connectivity index (χ0) is 22.6. The second-order valence-electron chi connectivity index (χ2n) is 6.01. The predicted octanol–water partition coefficient (Wildman–Crippen LogP) is 3.99. The molecule has 3 aromatic rings. The Labute approximate surface area is 170 Å². The summed E-state index contributed by atoms with van der Waals surface area (Å²) in [6.45, 7) is 0. The van der Waals surface area contributed by atoms with Gasteiger partial charge in [0.15, 0.2) is 5.82 Å². The van der Waals surface area contributed by atoms with Crippen molar-refractivity contribution < 1.29 is 31.1 Å². The summed E-state index contributed by atoms with van der Waals surface area (Å²) in [5.41, 5.74) is 2.07. The van der Waals surface area contributed by atoms with Crippen LogP contribution in [0, 0.1) is 0 Å². The van der Waals surface area contributed by atoms with E-state index in [-0.39, 0.29) is 11.9 Å². The van der Waals surface area contributed by atoms with Gasteiger partial charge in [-0.05, 0) is 30.3 Å². The van der Waals surface area contributed by atoms with Crippen molar-refractivity contribution in [2.45, 2.75) is 12.4 Å². The number of alkyl halides is 6. The molecule has 0 aliphatic rings. The number of nitrogens with one attached hydrogen (secondary N) is 2. The molecule has 0 aliphatic heterocycles. The quantitative estimate of drug-likeness (QED) is 0.355. The summed E-state index contributed by atoms with van der Waals surface area (Å²) in [5.74, 6) is -0.983. The Kier molecular flexibility index (Phi) is 5.95. The minimum Gasteiger partial charge on any atom is -0.298 e. The van der Waals surface area contributed by atoms with Crippen molar-refractivity contribution in [1.29, 1.82) is 0 Å². The second kappa shape index (κ2) is 8.45. The maximum atomic E-state index is 13.0. The number of halogens is 6. The summed E-state index contributed by atoms with van der Waals surface area (Å²) in [5, 5.41) is 3.79. The zero-order valence-corrected chi connectivity index (χ0v) is 15.2. The van der Waals surface area contributed by atoms with Gasteiger partial charge in [0.1, 0.15) is 6.33 Å². The Hall–Kier alpha value is -3.90. The molecule has 0 saturated carbocycles. The van der Waals surface area contributed by atoms with Gasteiger partial charge in [0.2, 0.25) is 0 Å². The Balaban J connectivity index is 1.77. The lowest BCUT2D eigenvalue weighted by molar-refractivity contribution is -0.143. The summed E-state index contributed by atoms with van der Waals surface area (Å²) >= 11 is 0. The van der Waals surface area contributed by atoms with Gasteiger partial charge >= 0.3 is 12.4 Å². The number of carbonyl (C=O) groups excluding carboxylic acids is 1. The lowest BCUT2D eigenvalue weighted by atomic mass is 10.0. The maximum Gasteiger partial charge on any atom is 0.416 e. The SMILES string of the molecule is O=C(/C=C\n1cnc(-c2cc(C(F)(F)F)cc(C(F)(F)F)c2)n1)NNc1ccncc1. The molecule has 0 unspecified atom stereocenters. The van der Waals surface area contributed by atoms with E-state index >= 15 is 0 Å². The molecule has 0 aliphatic carbocycles. The molecule has 2 heterocycles. The van der Waals surface area contributed by atoms with Gasteiger partial charge in [0.05, 0.1) is 16.8 Å². The van der Waals surface area contributed by atoms with Crippen LogP contribution in [0.1, 0.15) is 11.1 Å². The summed E-state index contributed by atoms with van der Waals surface area (Å²) < 4.78 is 78.9. The number of hydrazine groups is 1. The fourth-order valence-corrected chi connectivity index (χ4v) is 2.32. The number of anilines is 1. The predicted molar refractivity (Wildman–Crippen MR) is 96.8 cm³/mol. The van der Waals surface area contributed by atoms with Crippen molar-refractivity contribution in [3.63, 3.8) is 0 Å². The average molecular weight is 442 g/mol. The Morgan fingerprint density at radius 1 is 0.968 bits per heavy atom. The van der Waals surface area contributed by atoms with Crippen molar-refractivity contribution in [2.75, 3.05) is 5.43 Å². The van der Waals surface area contributed by atoms with E-state index in [4.69, 9.17) is 0 Å². The largest absolute Gasteiger partial charge is 0.416 e. The number of hydrogen-bond donors (Lipinski definition) is 2. The van der Waals surface area contributed by atoms with Crippen LogP contribution in [0.4, 0.5) is 32.0 Å². The molecular formula is C18H12F6N6O. The van der Waals surface area contributed by atoms with E-state index in [9.17, 15) is 31.1 Å². The van der Waals surface area contributed by atoms with Crippen LogP contribution in [0.3, 0.4) is 0 Å². The highest BCUT2D eigenvalue weighted by Crippen LogP contribution is 2.38. The van der Waals surface area contributed by atoms with Gasteiger partial charge in [-0.3, -0.25) is 20.6 Å². The number of carbonyl (C=O) groups is 1. The standard InChI is InChI=1S/C18H12F6N6O/c19-17(20,21)12-7-11(8-13(9-12)18(22,23)24)16-26-10-30(29-16)6-3-15(31)28-27-14-1-4-25-5-2-14/h1-10H,(H,25,27)(H,28,31)/b6-3-. The summed E-state index contributed by atoms with van der Waals surface area (Å²) in [7, 11) is 0. The van der Waals surface area contributed by atoms with Gasteiger partial charge in [0, 0.05) is 30.2 Å². The molecule has 0 fully saturated rings. The first kappa shape index (κ1) is 21.8. The molecule has 2 N–H and O–H groups in total. The lowest BCUT2D eigenvalue weighted by Gasteiger charge is -2.13. The summed E-state index contributed by atoms with van der Waals surface area (Å²) in [6, 6.07) is 4.24. The van der Waals surface area contributed by atoms with E-state index in [2.05, 4.69) is 25.9 Å². The van der Waals surface area contributed by atoms with Gasteiger partial charge in [-0.25, -0.2) is 9.67 Å². The fraction of sp³-hybridized carbons (Fsp3) is 0.111. The second-order valence-corrected chi connectivity index (χ2v) is 6.01. The minimum absolute atomic E-state index is 0.0144. The van der Waals surface area contributed by atoms with Gasteiger partial charge in [-0.15, -0.1) is 5.10 Å². The zero-order valence-electron chi connectivity index (χ0n) is 15.2. The Morgan fingerprint density at radius 3 is 2.16 bits per heavy atom. The van der Waals surface area contributed by atoms with Gasteiger partial charge in [-0.2, -0.15) is 26.3 Å². The van der Waals surface area contributed by atoms with Crippen LogP contribution < -0.4 is 10.9 Å². The molecule has 0 radical (unpaired) electrons. The number of aromatic nitrogens is 4. The third-order valence-corrected chi connectivity index (χ3v) is 3.74. The highest BCUT2D eigenvalue weighted by Gasteiger charge is 2.37. The number of nitrogens with zero attached hydrogens (tertiary/aromatic N) is 4. The Morgan fingerprint density at radius 2 is 1.58 bits per heavy atom. The monoisotopic (exact) mass is 442 g/mol. The maximum absolute atomic E-state index is 13.0. The highest BCUT2D eigenvalue weighted by molar-refractivity contribution is 5.90. The minimum atomic E-state index is -4.99. The first-order chi connectivity index (χ1) is 14.5. The summed E-state index contributed by atoms with van der Waals surface area (Å²) in [4.78, 5) is 19.3. The number of rotatable bonds is 5. The molecule has 1 amide bonds. The molecular weight excluding hydrogens is 430 g/mol. The van der Waals surface area contributed by atoms with Gasteiger partial charge in [-0.1, -0.05) is 0 Å². The van der Waals surface area contributed by atoms with E-state index in [0.29, 0.717) is 17.8 Å². The van der Waals surface area contributed by atoms with Crippen molar-refractivity contribution in [1.82, 2.24) is 25.2 Å². The van der Waals surface area contributed by atoms with E-state index in [1.54, 1.807) is 12.1 Å². The number of hydrogen-bond acceptors (Lipinski definition) is 5. The Bertz CT molecular complexity index is 1060. The van der Waals surface area contributed by atoms with Crippen LogP contribution >= 0.6 is 0 Å². The van der Waals surface area contributed by atoms with Gasteiger partial charge in [0.25, 0.3) is 5.91 Å². The number of benzene rings is 1.